The summed E-state index contributed by atoms with van der Waals surface area (Å²) in [7, 11) is 0. The lowest BCUT2D eigenvalue weighted by Gasteiger charge is -2.42. The highest BCUT2D eigenvalue weighted by atomic mass is 16.7. The lowest BCUT2D eigenvalue weighted by atomic mass is 10.1. The molecule has 0 aliphatic carbocycles. The maximum absolute atomic E-state index is 5.48. The van der Waals surface area contributed by atoms with Gasteiger partial charge in [0.2, 0.25) is 0 Å². The molecule has 2 heterocycles. The molecule has 0 unspecified atom stereocenters. The lowest BCUT2D eigenvalue weighted by molar-refractivity contribution is -0.184. The van der Waals surface area contributed by atoms with Crippen molar-refractivity contribution in [2.24, 2.45) is 0 Å². The first-order valence-electron chi connectivity index (χ1n) is 5.08. The SMILES string of the molecule is CCO[C@H]1CN(C2CNC2)CCO1. The molecule has 0 radical (unpaired) electrons. The minimum atomic E-state index is -0.000602. The summed E-state index contributed by atoms with van der Waals surface area (Å²) >= 11 is 0. The fourth-order valence-corrected chi connectivity index (χ4v) is 1.79. The molecule has 1 atom stereocenters. The molecule has 0 amide bonds. The van der Waals surface area contributed by atoms with Crippen molar-refractivity contribution < 1.29 is 9.47 Å². The van der Waals surface area contributed by atoms with Crippen LogP contribution in [0.1, 0.15) is 6.92 Å². The maximum atomic E-state index is 5.48. The molecule has 0 spiro atoms. The van der Waals surface area contributed by atoms with Gasteiger partial charge in [0.25, 0.3) is 0 Å². The van der Waals surface area contributed by atoms with Crippen LogP contribution in [0.5, 0.6) is 0 Å². The first kappa shape index (κ1) is 9.40. The molecule has 2 aliphatic heterocycles. The van der Waals surface area contributed by atoms with Gasteiger partial charge in [0.15, 0.2) is 6.29 Å². The molecule has 2 fully saturated rings. The summed E-state index contributed by atoms with van der Waals surface area (Å²) in [5, 5.41) is 3.28. The third-order valence-corrected chi connectivity index (χ3v) is 2.69. The second kappa shape index (κ2) is 4.37. The Bertz CT molecular complexity index is 160. The maximum Gasteiger partial charge on any atom is 0.170 e. The zero-order chi connectivity index (χ0) is 9.10. The van der Waals surface area contributed by atoms with Crippen molar-refractivity contribution >= 4 is 0 Å². The van der Waals surface area contributed by atoms with Gasteiger partial charge in [-0.05, 0) is 6.92 Å². The molecule has 2 aliphatic rings. The Morgan fingerprint density at radius 1 is 1.54 bits per heavy atom. The van der Waals surface area contributed by atoms with E-state index in [1.807, 2.05) is 6.92 Å². The molecule has 0 saturated carbocycles. The largest absolute Gasteiger partial charge is 0.352 e. The van der Waals surface area contributed by atoms with Crippen molar-refractivity contribution in [3.63, 3.8) is 0 Å². The Labute approximate surface area is 79.2 Å². The van der Waals surface area contributed by atoms with Gasteiger partial charge < -0.3 is 14.8 Å². The summed E-state index contributed by atoms with van der Waals surface area (Å²) in [4.78, 5) is 2.46. The van der Waals surface area contributed by atoms with E-state index in [0.29, 0.717) is 6.04 Å². The highest BCUT2D eigenvalue weighted by molar-refractivity contribution is 4.86. The third kappa shape index (κ3) is 2.20. The molecule has 4 heteroatoms. The van der Waals surface area contributed by atoms with Gasteiger partial charge in [-0.25, -0.2) is 0 Å². The third-order valence-electron chi connectivity index (χ3n) is 2.69. The second-order valence-corrected chi connectivity index (χ2v) is 3.56. The number of ether oxygens (including phenoxy) is 2. The van der Waals surface area contributed by atoms with Gasteiger partial charge in [-0.2, -0.15) is 0 Å². The standard InChI is InChI=1S/C9H18N2O2/c1-2-12-9-7-11(3-4-13-9)8-5-10-6-8/h8-10H,2-7H2,1H3/t9-/m1/s1. The van der Waals surface area contributed by atoms with Crippen molar-refractivity contribution in [2.75, 3.05) is 39.4 Å². The highest BCUT2D eigenvalue weighted by Gasteiger charge is 2.29. The fraction of sp³-hybridized carbons (Fsp3) is 1.00. The van der Waals surface area contributed by atoms with Gasteiger partial charge in [0.1, 0.15) is 0 Å². The van der Waals surface area contributed by atoms with E-state index in [4.69, 9.17) is 9.47 Å². The quantitative estimate of drug-likeness (QED) is 0.653. The molecule has 4 nitrogen and oxygen atoms in total. The molecule has 76 valence electrons. The molecule has 2 saturated heterocycles. The van der Waals surface area contributed by atoms with E-state index in [1.54, 1.807) is 0 Å². The number of morpholine rings is 1. The summed E-state index contributed by atoms with van der Waals surface area (Å²) in [5.74, 6) is 0. The highest BCUT2D eigenvalue weighted by Crippen LogP contribution is 2.12. The first-order valence-corrected chi connectivity index (χ1v) is 5.08. The summed E-state index contributed by atoms with van der Waals surface area (Å²) < 4.78 is 10.9. The molecule has 2 rings (SSSR count). The molecule has 13 heavy (non-hydrogen) atoms. The van der Waals surface area contributed by atoms with Crippen LogP contribution in [-0.2, 0) is 9.47 Å². The average molecular weight is 186 g/mol. The van der Waals surface area contributed by atoms with Crippen molar-refractivity contribution in [3.8, 4) is 0 Å². The van der Waals surface area contributed by atoms with Gasteiger partial charge in [-0.15, -0.1) is 0 Å². The van der Waals surface area contributed by atoms with Gasteiger partial charge in [0.05, 0.1) is 6.61 Å². The van der Waals surface area contributed by atoms with Crippen molar-refractivity contribution in [2.45, 2.75) is 19.3 Å². The minimum Gasteiger partial charge on any atom is -0.352 e. The van der Waals surface area contributed by atoms with Crippen LogP contribution >= 0.6 is 0 Å². The molecule has 1 N–H and O–H groups in total. The van der Waals surface area contributed by atoms with E-state index in [2.05, 4.69) is 10.2 Å². The monoisotopic (exact) mass is 186 g/mol. The number of rotatable bonds is 3. The Balaban J connectivity index is 1.77. The van der Waals surface area contributed by atoms with Crippen LogP contribution in [-0.4, -0.2) is 56.6 Å². The topological polar surface area (TPSA) is 33.7 Å². The Kier molecular flexibility index (Phi) is 3.16. The van der Waals surface area contributed by atoms with Crippen LogP contribution in [0.15, 0.2) is 0 Å². The zero-order valence-electron chi connectivity index (χ0n) is 8.16. The molecule has 0 aromatic heterocycles. The van der Waals surface area contributed by atoms with Gasteiger partial charge in [-0.3, -0.25) is 4.90 Å². The summed E-state index contributed by atoms with van der Waals surface area (Å²) in [5.41, 5.74) is 0. The normalized spacial score (nSPS) is 31.6. The average Bonchev–Trinajstić information content (AvgIpc) is 2.02. The number of nitrogens with zero attached hydrogens (tertiary/aromatic N) is 1. The lowest BCUT2D eigenvalue weighted by Crippen LogP contribution is -2.61. The van der Waals surface area contributed by atoms with Crippen LogP contribution in [0.2, 0.25) is 0 Å². The second-order valence-electron chi connectivity index (χ2n) is 3.56. The van der Waals surface area contributed by atoms with Gasteiger partial charge in [0, 0.05) is 38.8 Å². The van der Waals surface area contributed by atoms with E-state index in [0.717, 1.165) is 39.4 Å². The van der Waals surface area contributed by atoms with E-state index < -0.39 is 0 Å². The Morgan fingerprint density at radius 3 is 3.00 bits per heavy atom. The Hall–Kier alpha value is -0.160. The fourth-order valence-electron chi connectivity index (χ4n) is 1.79. The van der Waals surface area contributed by atoms with Crippen LogP contribution in [0.25, 0.3) is 0 Å². The van der Waals surface area contributed by atoms with Gasteiger partial charge in [-0.1, -0.05) is 0 Å². The molecule has 0 bridgehead atoms. The van der Waals surface area contributed by atoms with E-state index in [1.165, 1.54) is 0 Å². The molecule has 0 aromatic rings. The molecule has 0 aromatic carbocycles. The van der Waals surface area contributed by atoms with E-state index >= 15 is 0 Å². The van der Waals surface area contributed by atoms with Crippen molar-refractivity contribution in [3.05, 3.63) is 0 Å². The summed E-state index contributed by atoms with van der Waals surface area (Å²) in [6, 6.07) is 0.715. The Morgan fingerprint density at radius 2 is 2.38 bits per heavy atom. The molecular formula is C9H18N2O2. The van der Waals surface area contributed by atoms with E-state index in [-0.39, 0.29) is 6.29 Å². The number of hydrogen-bond donors (Lipinski definition) is 1. The predicted octanol–water partition coefficient (Wildman–Crippen LogP) is -0.347. The zero-order valence-corrected chi connectivity index (χ0v) is 8.16. The van der Waals surface area contributed by atoms with Crippen LogP contribution in [0.4, 0.5) is 0 Å². The predicted molar refractivity (Wildman–Crippen MR) is 49.6 cm³/mol. The van der Waals surface area contributed by atoms with Crippen molar-refractivity contribution in [1.82, 2.24) is 10.2 Å². The number of nitrogens with one attached hydrogen (secondary N) is 1. The molecular weight excluding hydrogens is 168 g/mol. The summed E-state index contributed by atoms with van der Waals surface area (Å²) in [6.07, 6.45) is -0.000602. The summed E-state index contributed by atoms with van der Waals surface area (Å²) in [6.45, 7) is 7.78. The van der Waals surface area contributed by atoms with Crippen LogP contribution < -0.4 is 5.32 Å². The van der Waals surface area contributed by atoms with E-state index in [9.17, 15) is 0 Å². The smallest absolute Gasteiger partial charge is 0.170 e. The number of hydrogen-bond acceptors (Lipinski definition) is 4. The van der Waals surface area contributed by atoms with Gasteiger partial charge >= 0.3 is 0 Å². The van der Waals surface area contributed by atoms with Crippen molar-refractivity contribution in [1.29, 1.82) is 0 Å². The minimum absolute atomic E-state index is 0.000602. The first-order chi connectivity index (χ1) is 6.40. The van der Waals surface area contributed by atoms with Crippen LogP contribution in [0, 0.1) is 0 Å². The van der Waals surface area contributed by atoms with Crippen LogP contribution in [0.3, 0.4) is 0 Å².